The molecule has 2 aromatic rings. The van der Waals surface area contributed by atoms with Crippen LogP contribution in [-0.4, -0.2) is 23.9 Å². The van der Waals surface area contributed by atoms with E-state index >= 15 is 0 Å². The first-order chi connectivity index (χ1) is 16.4. The molecule has 0 unspecified atom stereocenters. The Morgan fingerprint density at radius 2 is 1.77 bits per heavy atom. The molecule has 0 radical (unpaired) electrons. The van der Waals surface area contributed by atoms with E-state index in [0.717, 1.165) is 16.8 Å². The zero-order valence-corrected chi connectivity index (χ0v) is 20.1. The Balaban J connectivity index is 2.53. The molecule has 0 amide bonds. The second-order valence-electron chi connectivity index (χ2n) is 7.48. The maximum Gasteiger partial charge on any atom is 0.534 e. The Hall–Kier alpha value is -3.72. The quantitative estimate of drug-likeness (QED) is 0.224. The van der Waals surface area contributed by atoms with Crippen LogP contribution in [0.3, 0.4) is 0 Å². The van der Waals surface area contributed by atoms with E-state index < -0.39 is 21.4 Å². The molecule has 0 spiro atoms. The highest BCUT2D eigenvalue weighted by Crippen LogP contribution is 2.31. The van der Waals surface area contributed by atoms with Gasteiger partial charge in [0.25, 0.3) is 0 Å². The molecule has 0 bridgehead atoms. The van der Waals surface area contributed by atoms with Crippen molar-refractivity contribution in [3.63, 3.8) is 0 Å². The monoisotopic (exact) mass is 505 g/mol. The van der Waals surface area contributed by atoms with E-state index in [0.29, 0.717) is 17.5 Å². The lowest BCUT2D eigenvalue weighted by Crippen LogP contribution is -2.28. The smallest absolute Gasteiger partial charge is 0.508 e. The van der Waals surface area contributed by atoms with Crippen LogP contribution in [0, 0.1) is 6.92 Å². The Morgan fingerprint density at radius 3 is 2.31 bits per heavy atom. The molecule has 5 nitrogen and oxygen atoms in total. The lowest BCUT2D eigenvalue weighted by atomic mass is 9.95. The van der Waals surface area contributed by atoms with Crippen LogP contribution in [-0.2, 0) is 16.5 Å². The zero-order valence-electron chi connectivity index (χ0n) is 19.3. The molecule has 2 rings (SSSR count). The van der Waals surface area contributed by atoms with Gasteiger partial charge in [0.2, 0.25) is 0 Å². The van der Waals surface area contributed by atoms with Crippen molar-refractivity contribution in [2.45, 2.75) is 25.8 Å². The van der Waals surface area contributed by atoms with Crippen molar-refractivity contribution in [3.8, 4) is 11.5 Å². The topological polar surface area (TPSA) is 66.8 Å². The number of phenolic OH excluding ortho intramolecular Hbond substituents is 1. The summed E-state index contributed by atoms with van der Waals surface area (Å²) in [6.45, 7) is 11.0. The van der Waals surface area contributed by atoms with Gasteiger partial charge in [0.15, 0.2) is 0 Å². The first-order valence-electron chi connectivity index (χ1n) is 10.3. The van der Waals surface area contributed by atoms with Crippen LogP contribution in [0.4, 0.5) is 13.2 Å². The number of hydrogen-bond donors (Lipinski definition) is 1. The van der Waals surface area contributed by atoms with E-state index in [1.807, 2.05) is 25.3 Å². The van der Waals surface area contributed by atoms with Gasteiger partial charge in [-0.3, -0.25) is 0 Å². The molecule has 0 saturated carbocycles. The minimum Gasteiger partial charge on any atom is -0.508 e. The third kappa shape index (κ3) is 7.65. The van der Waals surface area contributed by atoms with Crippen molar-refractivity contribution in [2.24, 2.45) is 0 Å². The highest BCUT2D eigenvalue weighted by atomic mass is 32.2. The summed E-state index contributed by atoms with van der Waals surface area (Å²) < 4.78 is 65.1. The van der Waals surface area contributed by atoms with Crippen LogP contribution in [0.25, 0.3) is 5.57 Å². The molecule has 0 aromatic heterocycles. The number of nitrogens with zero attached hydrogens (tertiary/aromatic N) is 1. The second kappa shape index (κ2) is 11.6. The van der Waals surface area contributed by atoms with Crippen LogP contribution in [0.5, 0.6) is 11.5 Å². The molecular formula is C26H26F3NO4S. The van der Waals surface area contributed by atoms with E-state index in [9.17, 15) is 26.7 Å². The van der Waals surface area contributed by atoms with Crippen molar-refractivity contribution >= 4 is 15.7 Å². The van der Waals surface area contributed by atoms with Crippen LogP contribution in [0.2, 0.25) is 0 Å². The van der Waals surface area contributed by atoms with Gasteiger partial charge in [-0.25, -0.2) is 0 Å². The summed E-state index contributed by atoms with van der Waals surface area (Å²) in [5.41, 5.74) is -1.91. The third-order valence-electron chi connectivity index (χ3n) is 4.85. The maximum atomic E-state index is 12.7. The SMILES string of the molecule is C=C/C=C\C=C(/C)N(C=C)/C=C(\Cc1ccc(O)cc1)c1ccc(OS(=O)(=O)C(F)(F)F)cc1C. The summed E-state index contributed by atoms with van der Waals surface area (Å²) in [6, 6.07) is 10.5. The fraction of sp³-hybridized carbons (Fsp3) is 0.154. The van der Waals surface area contributed by atoms with E-state index in [1.165, 1.54) is 18.2 Å². The highest BCUT2D eigenvalue weighted by Gasteiger charge is 2.48. The molecule has 0 atom stereocenters. The van der Waals surface area contributed by atoms with Crippen LogP contribution in [0.1, 0.15) is 23.6 Å². The van der Waals surface area contributed by atoms with Crippen molar-refractivity contribution in [3.05, 3.63) is 115 Å². The standard InChI is InChI=1S/C26H26F3NO4S/c1-5-7-8-9-20(4)30(6-2)18-22(17-21-10-12-23(31)13-11-21)25-15-14-24(16-19(25)3)34-35(32,33)26(27,28)29/h5-16,18,31H,1-2,17H2,3-4H3/b8-7-,20-9+,22-18+. The van der Waals surface area contributed by atoms with Gasteiger partial charge in [-0.05, 0) is 72.9 Å². The summed E-state index contributed by atoms with van der Waals surface area (Å²) in [4.78, 5) is 1.78. The first-order valence-corrected chi connectivity index (χ1v) is 11.8. The average molecular weight is 506 g/mol. The molecule has 35 heavy (non-hydrogen) atoms. The molecule has 186 valence electrons. The number of phenols is 1. The van der Waals surface area contributed by atoms with Crippen molar-refractivity contribution in [1.82, 2.24) is 4.90 Å². The van der Waals surface area contributed by atoms with Gasteiger partial charge >= 0.3 is 15.6 Å². The first kappa shape index (κ1) is 27.5. The predicted octanol–water partition coefficient (Wildman–Crippen LogP) is 6.60. The Labute approximate surface area is 203 Å². The van der Waals surface area contributed by atoms with Crippen LogP contribution in [0.15, 0.2) is 98.0 Å². The number of aryl methyl sites for hydroxylation is 1. The van der Waals surface area contributed by atoms with Crippen LogP contribution >= 0.6 is 0 Å². The Morgan fingerprint density at radius 1 is 1.11 bits per heavy atom. The molecule has 9 heteroatoms. The number of hydrogen-bond acceptors (Lipinski definition) is 5. The Kier molecular flexibility index (Phi) is 9.13. The summed E-state index contributed by atoms with van der Waals surface area (Å²) in [5.74, 6) is -0.331. The molecular weight excluding hydrogens is 479 g/mol. The number of rotatable bonds is 10. The predicted molar refractivity (Wildman–Crippen MR) is 132 cm³/mol. The molecule has 2 aromatic carbocycles. The van der Waals surface area contributed by atoms with Crippen molar-refractivity contribution < 1.29 is 30.9 Å². The number of aromatic hydroxyl groups is 1. The normalized spacial score (nSPS) is 13.1. The number of alkyl halides is 3. The molecule has 0 aliphatic rings. The molecule has 0 fully saturated rings. The fourth-order valence-corrected chi connectivity index (χ4v) is 3.54. The van der Waals surface area contributed by atoms with Gasteiger partial charge in [-0.2, -0.15) is 21.6 Å². The van der Waals surface area contributed by atoms with E-state index in [-0.39, 0.29) is 5.75 Å². The Bertz CT molecular complexity index is 1260. The number of allylic oxidation sites excluding steroid dienone is 6. The summed E-state index contributed by atoms with van der Waals surface area (Å²) in [5, 5.41) is 9.59. The largest absolute Gasteiger partial charge is 0.534 e. The van der Waals surface area contributed by atoms with Gasteiger partial charge < -0.3 is 14.2 Å². The molecule has 1 N–H and O–H groups in total. The van der Waals surface area contributed by atoms with Gasteiger partial charge in [-0.15, -0.1) is 0 Å². The third-order valence-corrected chi connectivity index (χ3v) is 5.83. The summed E-state index contributed by atoms with van der Waals surface area (Å²) >= 11 is 0. The van der Waals surface area contributed by atoms with Crippen molar-refractivity contribution in [2.75, 3.05) is 0 Å². The van der Waals surface area contributed by atoms with E-state index in [2.05, 4.69) is 17.3 Å². The molecule has 0 aliphatic carbocycles. The lowest BCUT2D eigenvalue weighted by Gasteiger charge is -2.20. The number of halogens is 3. The highest BCUT2D eigenvalue weighted by molar-refractivity contribution is 7.88. The maximum absolute atomic E-state index is 12.7. The fourth-order valence-electron chi connectivity index (χ4n) is 3.09. The van der Waals surface area contributed by atoms with Gasteiger partial charge in [-0.1, -0.05) is 49.6 Å². The van der Waals surface area contributed by atoms with Crippen LogP contribution < -0.4 is 4.18 Å². The number of benzene rings is 2. The van der Waals surface area contributed by atoms with Gasteiger partial charge in [0.1, 0.15) is 11.5 Å². The average Bonchev–Trinajstić information content (AvgIpc) is 2.77. The van der Waals surface area contributed by atoms with E-state index in [4.69, 9.17) is 0 Å². The van der Waals surface area contributed by atoms with E-state index in [1.54, 1.807) is 54.4 Å². The molecule has 0 aliphatic heterocycles. The lowest BCUT2D eigenvalue weighted by molar-refractivity contribution is -0.0500. The van der Waals surface area contributed by atoms with Gasteiger partial charge in [0, 0.05) is 18.1 Å². The van der Waals surface area contributed by atoms with Crippen molar-refractivity contribution in [1.29, 1.82) is 0 Å². The summed E-state index contributed by atoms with van der Waals surface area (Å²) in [6.07, 6.45) is 10.9. The minimum absolute atomic E-state index is 0.114. The molecule has 0 saturated heterocycles. The minimum atomic E-state index is -5.78. The van der Waals surface area contributed by atoms with Gasteiger partial charge in [0.05, 0.1) is 0 Å². The molecule has 0 heterocycles. The second-order valence-corrected chi connectivity index (χ2v) is 9.01. The zero-order chi connectivity index (χ0) is 26.2. The summed E-state index contributed by atoms with van der Waals surface area (Å²) in [7, 11) is -5.78.